The fraction of sp³-hybridized carbons (Fsp3) is 0.429. The minimum Gasteiger partial charge on any atom is -0.493 e. The van der Waals surface area contributed by atoms with Crippen LogP contribution in [0.4, 0.5) is 0 Å². The van der Waals surface area contributed by atoms with Crippen molar-refractivity contribution in [3.05, 3.63) is 36.4 Å². The van der Waals surface area contributed by atoms with Gasteiger partial charge in [-0.3, -0.25) is 0 Å². The lowest BCUT2D eigenvalue weighted by atomic mass is 10.3. The van der Waals surface area contributed by atoms with Crippen molar-refractivity contribution in [1.29, 1.82) is 0 Å². The summed E-state index contributed by atoms with van der Waals surface area (Å²) in [5.41, 5.74) is 0. The summed E-state index contributed by atoms with van der Waals surface area (Å²) < 4.78 is 76.9. The molecule has 0 bridgehead atoms. The number of sulfonamides is 2. The molecule has 0 radical (unpaired) electrons. The fourth-order valence-electron chi connectivity index (χ4n) is 3.81. The average Bonchev–Trinajstić information content (AvgIpc) is 3.11. The van der Waals surface area contributed by atoms with Crippen LogP contribution in [0.3, 0.4) is 0 Å². The van der Waals surface area contributed by atoms with E-state index >= 15 is 0 Å². The molecule has 2 heterocycles. The molecule has 33 heavy (non-hydrogen) atoms. The zero-order chi connectivity index (χ0) is 23.6. The second-order valence-corrected chi connectivity index (χ2v) is 11.4. The highest BCUT2D eigenvalue weighted by Gasteiger charge is 2.32. The van der Waals surface area contributed by atoms with Gasteiger partial charge in [0.1, 0.15) is 13.2 Å². The van der Waals surface area contributed by atoms with E-state index in [1.54, 1.807) is 6.07 Å². The monoisotopic (exact) mass is 498 g/mol. The molecule has 2 aliphatic heterocycles. The highest BCUT2D eigenvalue weighted by atomic mass is 32.2. The summed E-state index contributed by atoms with van der Waals surface area (Å²) in [6.45, 7) is 1.22. The summed E-state index contributed by atoms with van der Waals surface area (Å²) in [6.07, 6.45) is 0.357. The van der Waals surface area contributed by atoms with Gasteiger partial charge < -0.3 is 18.9 Å². The van der Waals surface area contributed by atoms with E-state index in [4.69, 9.17) is 18.9 Å². The van der Waals surface area contributed by atoms with Crippen molar-refractivity contribution in [2.24, 2.45) is 0 Å². The van der Waals surface area contributed by atoms with Crippen LogP contribution < -0.4 is 18.9 Å². The molecule has 0 N–H and O–H groups in total. The molecule has 10 nitrogen and oxygen atoms in total. The number of hydrogen-bond donors (Lipinski definition) is 0. The highest BCUT2D eigenvalue weighted by molar-refractivity contribution is 7.89. The highest BCUT2D eigenvalue weighted by Crippen LogP contribution is 2.34. The first-order valence-corrected chi connectivity index (χ1v) is 13.3. The van der Waals surface area contributed by atoms with E-state index in [9.17, 15) is 16.8 Å². The summed E-state index contributed by atoms with van der Waals surface area (Å²) in [6, 6.07) is 8.89. The number of methoxy groups -OCH3 is 2. The van der Waals surface area contributed by atoms with Crippen LogP contribution in [0, 0.1) is 0 Å². The molecule has 0 spiro atoms. The molecule has 0 amide bonds. The molecular weight excluding hydrogens is 472 g/mol. The number of nitrogens with zero attached hydrogens (tertiary/aromatic N) is 2. The quantitative estimate of drug-likeness (QED) is 0.590. The minimum absolute atomic E-state index is 0.0282. The van der Waals surface area contributed by atoms with Gasteiger partial charge >= 0.3 is 0 Å². The summed E-state index contributed by atoms with van der Waals surface area (Å²) >= 11 is 0. The Morgan fingerprint density at radius 2 is 1.24 bits per heavy atom. The molecule has 0 aromatic heterocycles. The predicted octanol–water partition coefficient (Wildman–Crippen LogP) is 1.56. The summed E-state index contributed by atoms with van der Waals surface area (Å²) in [5, 5.41) is 0. The van der Waals surface area contributed by atoms with Gasteiger partial charge in [-0.05, 0) is 30.7 Å². The lowest BCUT2D eigenvalue weighted by Crippen LogP contribution is -2.37. The molecule has 1 saturated heterocycles. The van der Waals surface area contributed by atoms with Crippen LogP contribution in [0.25, 0.3) is 0 Å². The summed E-state index contributed by atoms with van der Waals surface area (Å²) in [7, 11) is -4.78. The van der Waals surface area contributed by atoms with Gasteiger partial charge in [0.15, 0.2) is 23.0 Å². The molecule has 2 aromatic rings. The third-order valence-corrected chi connectivity index (χ3v) is 9.35. The lowest BCUT2D eigenvalue weighted by molar-refractivity contribution is 0.171. The van der Waals surface area contributed by atoms with Crippen LogP contribution in [0.1, 0.15) is 6.42 Å². The molecule has 0 saturated carbocycles. The van der Waals surface area contributed by atoms with Gasteiger partial charge in [0.05, 0.1) is 24.0 Å². The SMILES string of the molecule is COc1ccc(S(=O)(=O)N2CCCN(S(=O)(=O)c3ccc4c(c3)OCCO4)CC2)cc1OC. The molecule has 0 aliphatic carbocycles. The Hall–Kier alpha value is -2.54. The first-order valence-electron chi connectivity index (χ1n) is 10.4. The van der Waals surface area contributed by atoms with Crippen molar-refractivity contribution in [3.63, 3.8) is 0 Å². The molecule has 12 heteroatoms. The van der Waals surface area contributed by atoms with E-state index < -0.39 is 20.0 Å². The van der Waals surface area contributed by atoms with Gasteiger partial charge in [-0.25, -0.2) is 16.8 Å². The zero-order valence-electron chi connectivity index (χ0n) is 18.4. The maximum absolute atomic E-state index is 13.2. The predicted molar refractivity (Wildman–Crippen MR) is 119 cm³/mol. The molecule has 180 valence electrons. The Bertz CT molecular complexity index is 1150. The topological polar surface area (TPSA) is 112 Å². The molecule has 4 rings (SSSR count). The van der Waals surface area contributed by atoms with Crippen LogP contribution >= 0.6 is 0 Å². The normalized spacial score (nSPS) is 17.9. The largest absolute Gasteiger partial charge is 0.493 e. The number of benzene rings is 2. The molecule has 2 aromatic carbocycles. The minimum atomic E-state index is -3.85. The van der Waals surface area contributed by atoms with E-state index in [0.717, 1.165) is 0 Å². The van der Waals surface area contributed by atoms with Crippen molar-refractivity contribution >= 4 is 20.0 Å². The summed E-state index contributed by atoms with van der Waals surface area (Å²) in [5.74, 6) is 1.61. The van der Waals surface area contributed by atoms with Gasteiger partial charge in [-0.2, -0.15) is 8.61 Å². The Balaban J connectivity index is 1.53. The van der Waals surface area contributed by atoms with Crippen molar-refractivity contribution in [1.82, 2.24) is 8.61 Å². The van der Waals surface area contributed by atoms with Crippen molar-refractivity contribution in [2.75, 3.05) is 53.6 Å². The Labute approximate surface area is 193 Å². The van der Waals surface area contributed by atoms with E-state index in [1.807, 2.05) is 0 Å². The second-order valence-electron chi connectivity index (χ2n) is 7.48. The summed E-state index contributed by atoms with van der Waals surface area (Å²) in [4.78, 5) is 0.145. The van der Waals surface area contributed by atoms with E-state index in [0.29, 0.717) is 42.6 Å². The maximum atomic E-state index is 13.2. The lowest BCUT2D eigenvalue weighted by Gasteiger charge is -2.23. The third-order valence-electron chi connectivity index (χ3n) is 5.56. The Morgan fingerprint density at radius 1 is 0.697 bits per heavy atom. The van der Waals surface area contributed by atoms with E-state index in [2.05, 4.69) is 0 Å². The third kappa shape index (κ3) is 4.60. The van der Waals surface area contributed by atoms with Crippen LogP contribution in [-0.2, 0) is 20.0 Å². The van der Waals surface area contributed by atoms with Gasteiger partial charge in [-0.1, -0.05) is 0 Å². The second kappa shape index (κ2) is 9.37. The van der Waals surface area contributed by atoms with Crippen LogP contribution in [0.15, 0.2) is 46.2 Å². The average molecular weight is 499 g/mol. The van der Waals surface area contributed by atoms with Crippen LogP contribution in [0.2, 0.25) is 0 Å². The molecule has 1 fully saturated rings. The van der Waals surface area contributed by atoms with Gasteiger partial charge in [0, 0.05) is 38.3 Å². The van der Waals surface area contributed by atoms with Crippen molar-refractivity contribution in [3.8, 4) is 23.0 Å². The first kappa shape index (κ1) is 23.6. The standard InChI is InChI=1S/C21H26N2O8S2/c1-28-18-6-4-16(14-20(18)29-2)32(24,25)22-8-3-9-23(11-10-22)33(26,27)17-5-7-19-21(15-17)31-13-12-30-19/h4-7,14-15H,3,8-13H2,1-2H3. The fourth-order valence-corrected chi connectivity index (χ4v) is 6.78. The first-order chi connectivity index (χ1) is 15.8. The zero-order valence-corrected chi connectivity index (χ0v) is 20.0. The smallest absolute Gasteiger partial charge is 0.243 e. The molecule has 2 aliphatic rings. The van der Waals surface area contributed by atoms with Gasteiger partial charge in [-0.15, -0.1) is 0 Å². The van der Waals surface area contributed by atoms with Crippen LogP contribution in [0.5, 0.6) is 23.0 Å². The molecule has 0 unspecified atom stereocenters. The van der Waals surface area contributed by atoms with E-state index in [1.165, 1.54) is 53.2 Å². The number of ether oxygens (including phenoxy) is 4. The van der Waals surface area contributed by atoms with Gasteiger partial charge in [0.2, 0.25) is 20.0 Å². The number of hydrogen-bond acceptors (Lipinski definition) is 8. The van der Waals surface area contributed by atoms with E-state index in [-0.39, 0.29) is 36.0 Å². The van der Waals surface area contributed by atoms with Crippen molar-refractivity contribution < 1.29 is 35.8 Å². The van der Waals surface area contributed by atoms with Gasteiger partial charge in [0.25, 0.3) is 0 Å². The Kier molecular flexibility index (Phi) is 6.71. The Morgan fingerprint density at radius 3 is 1.85 bits per heavy atom. The maximum Gasteiger partial charge on any atom is 0.243 e. The van der Waals surface area contributed by atoms with Crippen molar-refractivity contribution in [2.45, 2.75) is 16.2 Å². The number of rotatable bonds is 6. The molecular formula is C21H26N2O8S2. The van der Waals surface area contributed by atoms with Crippen LogP contribution in [-0.4, -0.2) is 79.1 Å². The molecule has 0 atom stereocenters. The number of fused-ring (bicyclic) bond motifs is 1.